The number of hydrogen-bond acceptors (Lipinski definition) is 4. The largest absolute Gasteiger partial charge is 0.461 e. The van der Waals surface area contributed by atoms with Crippen molar-refractivity contribution < 1.29 is 22.7 Å². The number of nitrogens with zero attached hydrogens (tertiary/aromatic N) is 2. The average molecular weight is 265 g/mol. The first kappa shape index (κ1) is 14.3. The molecule has 8 heteroatoms. The van der Waals surface area contributed by atoms with Gasteiger partial charge in [-0.3, -0.25) is 5.10 Å². The number of H-pyrrole nitrogens is 1. The van der Waals surface area contributed by atoms with Crippen LogP contribution in [0.5, 0.6) is 0 Å². The van der Waals surface area contributed by atoms with E-state index in [1.54, 1.807) is 6.92 Å². The highest BCUT2D eigenvalue weighted by Crippen LogP contribution is 2.23. The third-order valence-electron chi connectivity index (χ3n) is 2.24. The number of ether oxygens (including phenoxy) is 1. The summed E-state index contributed by atoms with van der Waals surface area (Å²) in [6, 6.07) is 0. The van der Waals surface area contributed by atoms with Crippen LogP contribution in [0.1, 0.15) is 23.0 Å². The molecule has 0 aliphatic carbocycles. The van der Waals surface area contributed by atoms with Gasteiger partial charge in [-0.15, -0.1) is 0 Å². The van der Waals surface area contributed by atoms with Crippen LogP contribution in [-0.2, 0) is 4.74 Å². The minimum absolute atomic E-state index is 0.0703. The average Bonchev–Trinajstić information content (AvgIpc) is 2.57. The van der Waals surface area contributed by atoms with E-state index in [0.717, 1.165) is 4.90 Å². The molecule has 5 nitrogen and oxygen atoms in total. The number of carbonyl (C=O) groups excluding carboxylic acids is 1. The minimum Gasteiger partial charge on any atom is -0.461 e. The smallest absolute Gasteiger partial charge is 0.405 e. The van der Waals surface area contributed by atoms with E-state index in [4.69, 9.17) is 4.74 Å². The zero-order valence-corrected chi connectivity index (χ0v) is 10.3. The second-order valence-electron chi connectivity index (χ2n) is 3.74. The number of anilines is 1. The fourth-order valence-electron chi connectivity index (χ4n) is 1.51. The van der Waals surface area contributed by atoms with Crippen LogP contribution in [-0.4, -0.2) is 42.5 Å². The number of hydrogen-bond donors (Lipinski definition) is 1. The first-order valence-electron chi connectivity index (χ1n) is 5.26. The van der Waals surface area contributed by atoms with Gasteiger partial charge in [0.05, 0.1) is 6.61 Å². The summed E-state index contributed by atoms with van der Waals surface area (Å²) in [4.78, 5) is 12.4. The van der Waals surface area contributed by atoms with E-state index in [1.165, 1.54) is 14.0 Å². The molecule has 0 saturated carbocycles. The Kier molecular flexibility index (Phi) is 4.20. The van der Waals surface area contributed by atoms with Crippen molar-refractivity contribution in [3.05, 3.63) is 11.3 Å². The predicted octanol–water partition coefficient (Wildman–Crippen LogP) is 1.89. The summed E-state index contributed by atoms with van der Waals surface area (Å²) in [6.45, 7) is 2.20. The second kappa shape index (κ2) is 5.28. The zero-order valence-electron chi connectivity index (χ0n) is 10.3. The Bertz CT molecular complexity index is 428. The number of aromatic nitrogens is 2. The fourth-order valence-corrected chi connectivity index (χ4v) is 1.51. The minimum atomic E-state index is -4.33. The molecule has 1 aromatic heterocycles. The molecule has 18 heavy (non-hydrogen) atoms. The second-order valence-corrected chi connectivity index (χ2v) is 3.74. The zero-order chi connectivity index (χ0) is 13.9. The van der Waals surface area contributed by atoms with Gasteiger partial charge in [0, 0.05) is 12.6 Å². The van der Waals surface area contributed by atoms with E-state index in [2.05, 4.69) is 10.2 Å². The Balaban J connectivity index is 2.89. The van der Waals surface area contributed by atoms with E-state index in [9.17, 15) is 18.0 Å². The summed E-state index contributed by atoms with van der Waals surface area (Å²) >= 11 is 0. The van der Waals surface area contributed by atoms with Crippen LogP contribution in [0.4, 0.5) is 19.0 Å². The maximum atomic E-state index is 12.2. The Morgan fingerprint density at radius 1 is 1.50 bits per heavy atom. The van der Waals surface area contributed by atoms with Crippen molar-refractivity contribution in [3.63, 3.8) is 0 Å². The van der Waals surface area contributed by atoms with Gasteiger partial charge < -0.3 is 9.64 Å². The molecule has 0 radical (unpaired) electrons. The predicted molar refractivity (Wildman–Crippen MR) is 58.6 cm³/mol. The van der Waals surface area contributed by atoms with Crippen molar-refractivity contribution in [2.75, 3.05) is 25.1 Å². The van der Waals surface area contributed by atoms with Gasteiger partial charge in [-0.2, -0.15) is 18.3 Å². The fraction of sp³-hybridized carbons (Fsp3) is 0.600. The molecule has 0 bridgehead atoms. The van der Waals surface area contributed by atoms with Crippen molar-refractivity contribution in [2.24, 2.45) is 0 Å². The van der Waals surface area contributed by atoms with E-state index in [-0.39, 0.29) is 18.1 Å². The van der Waals surface area contributed by atoms with Gasteiger partial charge in [-0.25, -0.2) is 4.79 Å². The quantitative estimate of drug-likeness (QED) is 0.845. The van der Waals surface area contributed by atoms with Gasteiger partial charge in [0.2, 0.25) is 0 Å². The molecule has 1 N–H and O–H groups in total. The molecular weight excluding hydrogens is 251 g/mol. The van der Waals surface area contributed by atoms with Gasteiger partial charge >= 0.3 is 12.1 Å². The topological polar surface area (TPSA) is 58.2 Å². The molecule has 0 aliphatic heterocycles. The van der Waals surface area contributed by atoms with Crippen LogP contribution in [0.3, 0.4) is 0 Å². The Hall–Kier alpha value is -1.73. The van der Waals surface area contributed by atoms with Gasteiger partial charge in [0.1, 0.15) is 12.2 Å². The first-order valence-corrected chi connectivity index (χ1v) is 5.26. The summed E-state index contributed by atoms with van der Waals surface area (Å²) in [5.41, 5.74) is 0.404. The lowest BCUT2D eigenvalue weighted by Gasteiger charge is -2.18. The summed E-state index contributed by atoms with van der Waals surface area (Å²) < 4.78 is 41.5. The third-order valence-corrected chi connectivity index (χ3v) is 2.24. The molecule has 0 atom stereocenters. The molecule has 1 rings (SSSR count). The SMILES string of the molecule is CCOC(=O)c1[nH]nc(N(C)CC(F)(F)F)c1C. The van der Waals surface area contributed by atoms with Crippen molar-refractivity contribution in [1.29, 1.82) is 0 Å². The molecule has 0 aliphatic rings. The lowest BCUT2D eigenvalue weighted by Crippen LogP contribution is -2.31. The van der Waals surface area contributed by atoms with Crippen molar-refractivity contribution in [3.8, 4) is 0 Å². The number of halogens is 3. The summed E-state index contributed by atoms with van der Waals surface area (Å²) in [5.74, 6) is -0.551. The van der Waals surface area contributed by atoms with Gasteiger partial charge in [-0.05, 0) is 13.8 Å². The Morgan fingerprint density at radius 2 is 2.11 bits per heavy atom. The van der Waals surface area contributed by atoms with Crippen LogP contribution < -0.4 is 4.90 Å². The maximum absolute atomic E-state index is 12.2. The highest BCUT2D eigenvalue weighted by atomic mass is 19.4. The molecule has 0 aromatic carbocycles. The molecule has 0 unspecified atom stereocenters. The molecule has 0 spiro atoms. The first-order chi connectivity index (χ1) is 8.26. The summed E-state index contributed by atoms with van der Waals surface area (Å²) in [6.07, 6.45) is -4.33. The van der Waals surface area contributed by atoms with Crippen molar-refractivity contribution >= 4 is 11.8 Å². The molecule has 0 saturated heterocycles. The molecular formula is C10H14F3N3O2. The van der Waals surface area contributed by atoms with E-state index in [1.807, 2.05) is 0 Å². The van der Waals surface area contributed by atoms with Gasteiger partial charge in [-0.1, -0.05) is 0 Å². The Morgan fingerprint density at radius 3 is 2.61 bits per heavy atom. The number of rotatable bonds is 4. The standard InChI is InChI=1S/C10H14F3N3O2/c1-4-18-9(17)7-6(2)8(15-14-7)16(3)5-10(11,12)13/h4-5H2,1-3H3,(H,14,15). The Labute approximate surface area is 102 Å². The van der Waals surface area contributed by atoms with Crippen molar-refractivity contribution in [1.82, 2.24) is 10.2 Å². The highest BCUT2D eigenvalue weighted by molar-refractivity contribution is 5.90. The molecule has 1 heterocycles. The maximum Gasteiger partial charge on any atom is 0.405 e. The van der Waals surface area contributed by atoms with E-state index >= 15 is 0 Å². The number of nitrogens with one attached hydrogen (secondary N) is 1. The summed E-state index contributed by atoms with van der Waals surface area (Å²) in [5, 5.41) is 6.09. The number of carbonyl (C=O) groups is 1. The lowest BCUT2D eigenvalue weighted by atomic mass is 10.2. The van der Waals surface area contributed by atoms with Gasteiger partial charge in [0.25, 0.3) is 0 Å². The van der Waals surface area contributed by atoms with Crippen LogP contribution in [0.25, 0.3) is 0 Å². The normalized spacial score (nSPS) is 11.4. The monoisotopic (exact) mass is 265 g/mol. The van der Waals surface area contributed by atoms with Crippen LogP contribution in [0.2, 0.25) is 0 Å². The van der Waals surface area contributed by atoms with E-state index in [0.29, 0.717) is 5.56 Å². The molecule has 0 fully saturated rings. The number of esters is 1. The highest BCUT2D eigenvalue weighted by Gasteiger charge is 2.31. The lowest BCUT2D eigenvalue weighted by molar-refractivity contribution is -0.119. The van der Waals surface area contributed by atoms with E-state index < -0.39 is 18.7 Å². The number of alkyl halides is 3. The van der Waals surface area contributed by atoms with Crippen LogP contribution in [0.15, 0.2) is 0 Å². The van der Waals surface area contributed by atoms with Crippen molar-refractivity contribution in [2.45, 2.75) is 20.0 Å². The molecule has 102 valence electrons. The molecule has 1 aromatic rings. The number of aromatic amines is 1. The van der Waals surface area contributed by atoms with Gasteiger partial charge in [0.15, 0.2) is 5.82 Å². The van der Waals surface area contributed by atoms with Crippen LogP contribution >= 0.6 is 0 Å². The summed E-state index contributed by atoms with van der Waals surface area (Å²) in [7, 11) is 1.26. The molecule has 0 amide bonds. The third kappa shape index (κ3) is 3.38. The van der Waals surface area contributed by atoms with Crippen LogP contribution in [0, 0.1) is 6.92 Å².